The van der Waals surface area contributed by atoms with Gasteiger partial charge in [0.25, 0.3) is 23.6 Å². The van der Waals surface area contributed by atoms with E-state index < -0.39 is 0 Å². The molecule has 0 aliphatic carbocycles. The van der Waals surface area contributed by atoms with Crippen LogP contribution in [0.4, 0.5) is 0 Å². The molecule has 400 valence electrons. The number of carbonyl (C=O) groups is 4. The number of fused-ring (bicyclic) bond motifs is 2. The summed E-state index contributed by atoms with van der Waals surface area (Å²) < 4.78 is 0. The molecule has 74 heavy (non-hydrogen) atoms. The third-order valence-electron chi connectivity index (χ3n) is 17.2. The lowest BCUT2D eigenvalue weighted by Gasteiger charge is -2.33. The first kappa shape index (κ1) is 57.0. The van der Waals surface area contributed by atoms with Crippen molar-refractivity contribution in [2.24, 2.45) is 11.8 Å². The highest BCUT2D eigenvalue weighted by atomic mass is 16.2. The number of carbonyl (C=O) groups excluding carboxylic acids is 4. The van der Waals surface area contributed by atoms with Gasteiger partial charge in [-0.1, -0.05) is 226 Å². The van der Waals surface area contributed by atoms with Crippen molar-refractivity contribution in [2.45, 2.75) is 247 Å². The standard InChI is InChI=1S/C68H94N2O4/c1-7-12-16-20-24-26-30-34-39-50(37-32-28-22-18-14-9-3)47-69-65(71)55-44-42-54-60-52(36-11-5)46-58-62-56(43-41-53(64(60)62)59-49(6)45-57(67(69)73)61(55)63(54)59)66(72)70(68(58)74)48-51(38-33-29-23-19-15-10-4)40-35-31-27-25-21-17-13-8-2/h41-46,50-51H,7-10,12-35,37-40,47-48H2,1-6H3. The van der Waals surface area contributed by atoms with Gasteiger partial charge in [0, 0.05) is 62.5 Å². The number of amides is 4. The fourth-order valence-electron chi connectivity index (χ4n) is 13.1. The Morgan fingerprint density at radius 3 is 1.08 bits per heavy atom. The molecule has 7 rings (SSSR count). The Labute approximate surface area is 447 Å². The normalized spacial score (nSPS) is 14.4. The minimum Gasteiger partial charge on any atom is -0.274 e. The fraction of sp³-hybridized carbons (Fsp3) is 0.618. The minimum absolute atomic E-state index is 0.198. The second kappa shape index (κ2) is 28.9. The first-order valence-electron chi connectivity index (χ1n) is 30.6. The van der Waals surface area contributed by atoms with E-state index in [1.807, 2.05) is 31.2 Å². The van der Waals surface area contributed by atoms with Crippen LogP contribution in [0.1, 0.15) is 293 Å². The number of aryl methyl sites for hydroxylation is 1. The van der Waals surface area contributed by atoms with Crippen LogP contribution >= 0.6 is 0 Å². The highest BCUT2D eigenvalue weighted by Gasteiger charge is 2.39. The molecule has 0 saturated heterocycles. The Bertz CT molecular complexity index is 2740. The molecule has 0 fully saturated rings. The lowest BCUT2D eigenvalue weighted by molar-refractivity contribution is 0.0562. The van der Waals surface area contributed by atoms with Crippen LogP contribution in [0, 0.1) is 30.6 Å². The topological polar surface area (TPSA) is 74.8 Å². The third kappa shape index (κ3) is 13.4. The number of hydrogen-bond donors (Lipinski definition) is 0. The van der Waals surface area contributed by atoms with Crippen molar-refractivity contribution in [3.05, 3.63) is 69.8 Å². The zero-order valence-corrected chi connectivity index (χ0v) is 47.2. The van der Waals surface area contributed by atoms with Crippen LogP contribution in [0.2, 0.25) is 0 Å². The molecule has 2 atom stereocenters. The summed E-state index contributed by atoms with van der Waals surface area (Å²) in [5.41, 5.74) is 3.94. The summed E-state index contributed by atoms with van der Waals surface area (Å²) in [4.78, 5) is 62.9. The molecular weight excluding hydrogens is 909 g/mol. The zero-order chi connectivity index (χ0) is 52.4. The van der Waals surface area contributed by atoms with Gasteiger partial charge in [-0.3, -0.25) is 29.0 Å². The van der Waals surface area contributed by atoms with Crippen LogP contribution in [0.3, 0.4) is 0 Å². The lowest BCUT2D eigenvalue weighted by atomic mass is 9.79. The number of imide groups is 2. The third-order valence-corrected chi connectivity index (χ3v) is 17.2. The van der Waals surface area contributed by atoms with Crippen molar-refractivity contribution in [1.82, 2.24) is 9.80 Å². The van der Waals surface area contributed by atoms with Crippen LogP contribution in [-0.2, 0) is 0 Å². The predicted octanol–water partition coefficient (Wildman–Crippen LogP) is 19.4. The van der Waals surface area contributed by atoms with E-state index in [1.165, 1.54) is 154 Å². The van der Waals surface area contributed by atoms with E-state index in [0.717, 1.165) is 94.8 Å². The Morgan fingerprint density at radius 1 is 0.378 bits per heavy atom. The van der Waals surface area contributed by atoms with Crippen molar-refractivity contribution in [1.29, 1.82) is 0 Å². The van der Waals surface area contributed by atoms with Gasteiger partial charge in [0.15, 0.2) is 0 Å². The molecule has 5 aromatic carbocycles. The SMILES string of the molecule is CC#Cc1cc2c3c(ccc4c5c(C)cc6c7c(ccc(c1c34)c75)C(=O)N(CC(CCCCCCCC)CCCCCCCCCC)C6=O)C(=O)N(CC(CCCCCCCC)CCCCCCCCCC)C2=O. The van der Waals surface area contributed by atoms with E-state index in [-0.39, 0.29) is 35.5 Å². The molecule has 0 spiro atoms. The summed E-state index contributed by atoms with van der Waals surface area (Å²) in [5.74, 6) is 6.26. The van der Waals surface area contributed by atoms with Gasteiger partial charge in [0.1, 0.15) is 0 Å². The van der Waals surface area contributed by atoms with Gasteiger partial charge >= 0.3 is 0 Å². The number of unbranched alkanes of at least 4 members (excludes halogenated alkanes) is 24. The molecule has 6 nitrogen and oxygen atoms in total. The summed E-state index contributed by atoms with van der Waals surface area (Å²) in [7, 11) is 0. The van der Waals surface area contributed by atoms with Gasteiger partial charge in [-0.2, -0.15) is 0 Å². The molecule has 2 unspecified atom stereocenters. The highest BCUT2D eigenvalue weighted by molar-refractivity contribution is 6.42. The zero-order valence-electron chi connectivity index (χ0n) is 47.2. The largest absolute Gasteiger partial charge is 0.274 e. The molecule has 0 radical (unpaired) electrons. The summed E-state index contributed by atoms with van der Waals surface area (Å²) in [6.07, 6.45) is 39.0. The maximum absolute atomic E-state index is 15.0. The van der Waals surface area contributed by atoms with E-state index in [2.05, 4.69) is 58.6 Å². The van der Waals surface area contributed by atoms with Crippen molar-refractivity contribution in [2.75, 3.05) is 13.1 Å². The van der Waals surface area contributed by atoms with Crippen molar-refractivity contribution in [3.8, 4) is 11.8 Å². The number of rotatable bonds is 36. The van der Waals surface area contributed by atoms with E-state index >= 15 is 4.79 Å². The number of hydrogen-bond acceptors (Lipinski definition) is 4. The van der Waals surface area contributed by atoms with Crippen molar-refractivity contribution < 1.29 is 19.2 Å². The second-order valence-corrected chi connectivity index (χ2v) is 23.0. The smallest absolute Gasteiger partial charge is 0.261 e. The molecule has 4 amide bonds. The van der Waals surface area contributed by atoms with Crippen LogP contribution in [-0.4, -0.2) is 46.5 Å². The van der Waals surface area contributed by atoms with Gasteiger partial charge in [0.05, 0.1) is 0 Å². The first-order valence-corrected chi connectivity index (χ1v) is 30.6. The molecule has 5 aromatic rings. The molecule has 6 heteroatoms. The number of benzene rings is 5. The van der Waals surface area contributed by atoms with Crippen molar-refractivity contribution in [3.63, 3.8) is 0 Å². The van der Waals surface area contributed by atoms with Crippen LogP contribution in [0.5, 0.6) is 0 Å². The monoisotopic (exact) mass is 1000 g/mol. The molecule has 0 N–H and O–H groups in total. The van der Waals surface area contributed by atoms with Crippen molar-refractivity contribution >= 4 is 66.7 Å². The molecule has 0 saturated carbocycles. The summed E-state index contributed by atoms with van der Waals surface area (Å²) >= 11 is 0. The minimum atomic E-state index is -0.226. The molecule has 2 aliphatic heterocycles. The fourth-order valence-corrected chi connectivity index (χ4v) is 13.1. The molecule has 2 heterocycles. The molecule has 2 aliphatic rings. The van der Waals surface area contributed by atoms with E-state index in [0.29, 0.717) is 46.1 Å². The van der Waals surface area contributed by atoms with Crippen LogP contribution in [0.25, 0.3) is 43.1 Å². The molecular formula is C68H94N2O4. The number of nitrogens with zero attached hydrogens (tertiary/aromatic N) is 2. The Morgan fingerprint density at radius 2 is 0.703 bits per heavy atom. The predicted molar refractivity (Wildman–Crippen MR) is 313 cm³/mol. The van der Waals surface area contributed by atoms with Crippen LogP contribution < -0.4 is 0 Å². The van der Waals surface area contributed by atoms with Gasteiger partial charge in [0.2, 0.25) is 0 Å². The Balaban J connectivity index is 1.19. The maximum atomic E-state index is 15.0. The average Bonchev–Trinajstić information content (AvgIpc) is 3.40. The average molecular weight is 1000 g/mol. The lowest BCUT2D eigenvalue weighted by Crippen LogP contribution is -2.43. The van der Waals surface area contributed by atoms with E-state index in [4.69, 9.17) is 0 Å². The van der Waals surface area contributed by atoms with E-state index in [1.54, 1.807) is 9.80 Å². The quantitative estimate of drug-likeness (QED) is 0.0132. The van der Waals surface area contributed by atoms with Crippen LogP contribution in [0.15, 0.2) is 36.4 Å². The maximum Gasteiger partial charge on any atom is 0.261 e. The van der Waals surface area contributed by atoms with Gasteiger partial charge in [-0.05, 0) is 103 Å². The first-order chi connectivity index (χ1) is 36.2. The van der Waals surface area contributed by atoms with Gasteiger partial charge in [-0.15, -0.1) is 5.92 Å². The molecule has 0 bridgehead atoms. The van der Waals surface area contributed by atoms with Gasteiger partial charge in [-0.25, -0.2) is 0 Å². The summed E-state index contributed by atoms with van der Waals surface area (Å²) in [6.45, 7) is 13.8. The summed E-state index contributed by atoms with van der Waals surface area (Å²) in [6, 6.07) is 11.9. The van der Waals surface area contributed by atoms with Gasteiger partial charge < -0.3 is 0 Å². The summed E-state index contributed by atoms with van der Waals surface area (Å²) in [5, 5.41) is 6.83. The second-order valence-electron chi connectivity index (χ2n) is 23.0. The van der Waals surface area contributed by atoms with E-state index in [9.17, 15) is 14.4 Å². The Kier molecular flexibility index (Phi) is 22.3. The Hall–Kier alpha value is -4.76. The molecule has 0 aromatic heterocycles. The highest BCUT2D eigenvalue weighted by Crippen LogP contribution is 2.49.